The molecule has 3 aromatic rings. The molecule has 0 saturated heterocycles. The minimum Gasteiger partial charge on any atom is -0.465 e. The zero-order valence-corrected chi connectivity index (χ0v) is 10.7. The third-order valence-corrected chi connectivity index (χ3v) is 3.11. The van der Waals surface area contributed by atoms with Crippen molar-refractivity contribution < 1.29 is 13.9 Å². The van der Waals surface area contributed by atoms with Gasteiger partial charge in [-0.2, -0.15) is 5.10 Å². The highest BCUT2D eigenvalue weighted by Gasteiger charge is 2.14. The van der Waals surface area contributed by atoms with E-state index in [1.54, 1.807) is 36.4 Å². The first-order chi connectivity index (χ1) is 9.70. The number of fused-ring (bicyclic) bond motifs is 1. The minimum atomic E-state index is -0.437. The van der Waals surface area contributed by atoms with Crippen molar-refractivity contribution in [1.82, 2.24) is 10.2 Å². The van der Waals surface area contributed by atoms with Gasteiger partial charge < -0.3 is 4.74 Å². The van der Waals surface area contributed by atoms with Crippen LogP contribution in [0.2, 0.25) is 0 Å². The van der Waals surface area contributed by atoms with Crippen molar-refractivity contribution in [3.8, 4) is 11.3 Å². The fourth-order valence-electron chi connectivity index (χ4n) is 2.12. The molecule has 0 amide bonds. The SMILES string of the molecule is COC(=O)c1ccc2[nH]nc(-c3ccccc3F)c2c1. The van der Waals surface area contributed by atoms with Crippen LogP contribution in [0, 0.1) is 5.82 Å². The molecule has 2 aromatic carbocycles. The van der Waals surface area contributed by atoms with Gasteiger partial charge in [0.25, 0.3) is 0 Å². The molecule has 0 unspecified atom stereocenters. The van der Waals surface area contributed by atoms with E-state index in [4.69, 9.17) is 0 Å². The monoisotopic (exact) mass is 270 g/mol. The topological polar surface area (TPSA) is 55.0 Å². The lowest BCUT2D eigenvalue weighted by molar-refractivity contribution is 0.0601. The van der Waals surface area contributed by atoms with Gasteiger partial charge in [-0.05, 0) is 30.3 Å². The average molecular weight is 270 g/mol. The van der Waals surface area contributed by atoms with Crippen molar-refractivity contribution in [3.63, 3.8) is 0 Å². The summed E-state index contributed by atoms with van der Waals surface area (Å²) in [5, 5.41) is 7.64. The number of methoxy groups -OCH3 is 1. The molecule has 1 aromatic heterocycles. The molecule has 100 valence electrons. The van der Waals surface area contributed by atoms with Crippen LogP contribution in [-0.2, 0) is 4.74 Å². The number of benzene rings is 2. The van der Waals surface area contributed by atoms with Crippen molar-refractivity contribution >= 4 is 16.9 Å². The van der Waals surface area contributed by atoms with Crippen molar-refractivity contribution in [3.05, 3.63) is 53.8 Å². The Labute approximate surface area is 114 Å². The number of aromatic nitrogens is 2. The lowest BCUT2D eigenvalue weighted by Gasteiger charge is -2.01. The summed E-state index contributed by atoms with van der Waals surface area (Å²) in [5.74, 6) is -0.794. The van der Waals surface area contributed by atoms with E-state index in [1.807, 2.05) is 0 Å². The fourth-order valence-corrected chi connectivity index (χ4v) is 2.12. The maximum absolute atomic E-state index is 13.9. The van der Waals surface area contributed by atoms with Gasteiger partial charge in [0.2, 0.25) is 0 Å². The van der Waals surface area contributed by atoms with Gasteiger partial charge in [0.1, 0.15) is 11.5 Å². The molecule has 0 saturated carbocycles. The summed E-state index contributed by atoms with van der Waals surface area (Å²) in [6, 6.07) is 11.4. The van der Waals surface area contributed by atoms with E-state index in [2.05, 4.69) is 14.9 Å². The number of hydrogen-bond donors (Lipinski definition) is 1. The van der Waals surface area contributed by atoms with Crippen molar-refractivity contribution in [2.45, 2.75) is 0 Å². The van der Waals surface area contributed by atoms with Crippen LogP contribution in [0.4, 0.5) is 4.39 Å². The standard InChI is InChI=1S/C15H11FN2O2/c1-20-15(19)9-6-7-13-11(8-9)14(18-17-13)10-4-2-3-5-12(10)16/h2-8H,1H3,(H,17,18). The number of ether oxygens (including phenoxy) is 1. The molecule has 0 atom stereocenters. The van der Waals surface area contributed by atoms with Crippen molar-refractivity contribution in [1.29, 1.82) is 0 Å². The van der Waals surface area contributed by atoms with E-state index in [1.165, 1.54) is 13.2 Å². The third-order valence-electron chi connectivity index (χ3n) is 3.11. The van der Waals surface area contributed by atoms with E-state index in [0.29, 0.717) is 22.2 Å². The van der Waals surface area contributed by atoms with Gasteiger partial charge in [-0.3, -0.25) is 5.10 Å². The fraction of sp³-hybridized carbons (Fsp3) is 0.0667. The molecule has 3 rings (SSSR count). The first-order valence-electron chi connectivity index (χ1n) is 6.02. The van der Waals surface area contributed by atoms with Crippen LogP contribution in [0.25, 0.3) is 22.2 Å². The maximum atomic E-state index is 13.9. The second kappa shape index (κ2) is 4.77. The number of rotatable bonds is 2. The number of halogens is 1. The second-order valence-corrected chi connectivity index (χ2v) is 4.30. The molecule has 0 bridgehead atoms. The summed E-state index contributed by atoms with van der Waals surface area (Å²) < 4.78 is 18.5. The Morgan fingerprint density at radius 2 is 2.05 bits per heavy atom. The van der Waals surface area contributed by atoms with E-state index in [9.17, 15) is 9.18 Å². The number of hydrogen-bond acceptors (Lipinski definition) is 3. The number of H-pyrrole nitrogens is 1. The van der Waals surface area contributed by atoms with Crippen LogP contribution >= 0.6 is 0 Å². The molecule has 1 N–H and O–H groups in total. The number of nitrogens with one attached hydrogen (secondary N) is 1. The highest BCUT2D eigenvalue weighted by molar-refractivity contribution is 5.99. The lowest BCUT2D eigenvalue weighted by atomic mass is 10.1. The van der Waals surface area contributed by atoms with Crippen LogP contribution in [0.3, 0.4) is 0 Å². The first-order valence-corrected chi connectivity index (χ1v) is 6.02. The highest BCUT2D eigenvalue weighted by atomic mass is 19.1. The molecule has 5 heteroatoms. The van der Waals surface area contributed by atoms with E-state index >= 15 is 0 Å². The first kappa shape index (κ1) is 12.3. The van der Waals surface area contributed by atoms with Crippen molar-refractivity contribution in [2.24, 2.45) is 0 Å². The summed E-state index contributed by atoms with van der Waals surface area (Å²) in [6.07, 6.45) is 0. The Balaban J connectivity index is 2.22. The quantitative estimate of drug-likeness (QED) is 0.728. The number of esters is 1. The summed E-state index contributed by atoms with van der Waals surface area (Å²) in [5.41, 5.74) is 2.00. The van der Waals surface area contributed by atoms with E-state index in [-0.39, 0.29) is 5.82 Å². The number of carbonyl (C=O) groups is 1. The predicted molar refractivity (Wildman–Crippen MR) is 72.8 cm³/mol. The Morgan fingerprint density at radius 3 is 2.80 bits per heavy atom. The van der Waals surface area contributed by atoms with Crippen LogP contribution in [0.1, 0.15) is 10.4 Å². The van der Waals surface area contributed by atoms with Gasteiger partial charge in [-0.25, -0.2) is 9.18 Å². The van der Waals surface area contributed by atoms with Gasteiger partial charge in [-0.15, -0.1) is 0 Å². The molecule has 0 spiro atoms. The predicted octanol–water partition coefficient (Wildman–Crippen LogP) is 3.16. The Hall–Kier alpha value is -2.69. The Morgan fingerprint density at radius 1 is 1.25 bits per heavy atom. The highest BCUT2D eigenvalue weighted by Crippen LogP contribution is 2.28. The summed E-state index contributed by atoms with van der Waals surface area (Å²) in [6.45, 7) is 0. The van der Waals surface area contributed by atoms with Gasteiger partial charge in [0.05, 0.1) is 18.2 Å². The van der Waals surface area contributed by atoms with Crippen LogP contribution in [-0.4, -0.2) is 23.3 Å². The lowest BCUT2D eigenvalue weighted by Crippen LogP contribution is -2.00. The number of aromatic amines is 1. The van der Waals surface area contributed by atoms with Crippen LogP contribution in [0.5, 0.6) is 0 Å². The van der Waals surface area contributed by atoms with E-state index < -0.39 is 5.97 Å². The largest absolute Gasteiger partial charge is 0.465 e. The smallest absolute Gasteiger partial charge is 0.337 e. The molecule has 0 aliphatic rings. The van der Waals surface area contributed by atoms with Gasteiger partial charge in [0, 0.05) is 10.9 Å². The number of nitrogens with zero attached hydrogens (tertiary/aromatic N) is 1. The molecule has 4 nitrogen and oxygen atoms in total. The molecule has 1 heterocycles. The molecule has 0 fully saturated rings. The third kappa shape index (κ3) is 1.93. The molecular weight excluding hydrogens is 259 g/mol. The normalized spacial score (nSPS) is 10.7. The van der Waals surface area contributed by atoms with Gasteiger partial charge >= 0.3 is 5.97 Å². The van der Waals surface area contributed by atoms with Crippen LogP contribution in [0.15, 0.2) is 42.5 Å². The summed E-state index contributed by atoms with van der Waals surface area (Å²) in [7, 11) is 1.32. The average Bonchev–Trinajstić information content (AvgIpc) is 2.90. The molecule has 0 aliphatic heterocycles. The molecule has 0 aliphatic carbocycles. The Bertz CT molecular complexity index is 795. The zero-order chi connectivity index (χ0) is 14.1. The van der Waals surface area contributed by atoms with Crippen LogP contribution < -0.4 is 0 Å². The zero-order valence-electron chi connectivity index (χ0n) is 10.7. The second-order valence-electron chi connectivity index (χ2n) is 4.30. The number of carbonyl (C=O) groups excluding carboxylic acids is 1. The Kier molecular flexibility index (Phi) is 2.95. The van der Waals surface area contributed by atoms with E-state index in [0.717, 1.165) is 5.52 Å². The van der Waals surface area contributed by atoms with Gasteiger partial charge in [-0.1, -0.05) is 12.1 Å². The molecule has 20 heavy (non-hydrogen) atoms. The summed E-state index contributed by atoms with van der Waals surface area (Å²) >= 11 is 0. The molecular formula is C15H11FN2O2. The minimum absolute atomic E-state index is 0.357. The van der Waals surface area contributed by atoms with Crippen molar-refractivity contribution in [2.75, 3.05) is 7.11 Å². The maximum Gasteiger partial charge on any atom is 0.337 e. The summed E-state index contributed by atoms with van der Waals surface area (Å²) in [4.78, 5) is 11.6. The van der Waals surface area contributed by atoms with Gasteiger partial charge in [0.15, 0.2) is 0 Å². The molecule has 0 radical (unpaired) electrons.